The molecule has 0 unspecified atom stereocenters. The number of aliphatic imine (C=N–C) groups is 1. The second-order valence-corrected chi connectivity index (χ2v) is 6.41. The van der Waals surface area contributed by atoms with Crippen molar-refractivity contribution in [1.82, 2.24) is 10.6 Å². The summed E-state index contributed by atoms with van der Waals surface area (Å²) in [5, 5.41) is 9.21. The lowest BCUT2D eigenvalue weighted by Crippen LogP contribution is -2.43. The second-order valence-electron chi connectivity index (χ2n) is 5.50. The third-order valence-corrected chi connectivity index (χ3v) is 4.32. The number of carbonyl (C=O) groups excluding carboxylic acids is 1. The molecular formula is C17H28BrIN4O. The summed E-state index contributed by atoms with van der Waals surface area (Å²) in [7, 11) is 1.71. The Morgan fingerprint density at radius 1 is 1.25 bits per heavy atom. The number of anilines is 1. The Labute approximate surface area is 170 Å². The van der Waals surface area contributed by atoms with Crippen molar-refractivity contribution in [3.8, 4) is 0 Å². The van der Waals surface area contributed by atoms with Gasteiger partial charge in [0, 0.05) is 23.8 Å². The number of hydrogen-bond donors (Lipinski definition) is 3. The lowest BCUT2D eigenvalue weighted by Gasteiger charge is -2.16. The van der Waals surface area contributed by atoms with Gasteiger partial charge in [-0.05, 0) is 30.5 Å². The topological polar surface area (TPSA) is 65.5 Å². The predicted octanol–water partition coefficient (Wildman–Crippen LogP) is 3.92. The van der Waals surface area contributed by atoms with Gasteiger partial charge in [-0.3, -0.25) is 9.79 Å². The van der Waals surface area contributed by atoms with Gasteiger partial charge in [-0.15, -0.1) is 24.0 Å². The van der Waals surface area contributed by atoms with Crippen molar-refractivity contribution in [2.24, 2.45) is 10.9 Å². The van der Waals surface area contributed by atoms with Crippen LogP contribution >= 0.6 is 39.9 Å². The van der Waals surface area contributed by atoms with E-state index in [4.69, 9.17) is 0 Å². The van der Waals surface area contributed by atoms with Crippen molar-refractivity contribution in [2.75, 3.05) is 25.5 Å². The fourth-order valence-electron chi connectivity index (χ4n) is 2.13. The number of nitrogens with one attached hydrogen (secondary N) is 3. The van der Waals surface area contributed by atoms with Gasteiger partial charge in [-0.25, -0.2) is 0 Å². The molecule has 0 bridgehead atoms. The molecule has 0 aliphatic heterocycles. The van der Waals surface area contributed by atoms with E-state index in [2.05, 4.69) is 50.7 Å². The number of rotatable bonds is 7. The van der Waals surface area contributed by atoms with Crippen LogP contribution in [0.4, 0.5) is 5.69 Å². The van der Waals surface area contributed by atoms with E-state index >= 15 is 0 Å². The average Bonchev–Trinajstić information content (AvgIpc) is 2.54. The highest BCUT2D eigenvalue weighted by atomic mass is 127. The van der Waals surface area contributed by atoms with Gasteiger partial charge < -0.3 is 16.0 Å². The van der Waals surface area contributed by atoms with E-state index in [1.54, 1.807) is 7.05 Å². The maximum absolute atomic E-state index is 12.1. The van der Waals surface area contributed by atoms with E-state index in [9.17, 15) is 4.79 Å². The van der Waals surface area contributed by atoms with Gasteiger partial charge in [0.15, 0.2) is 5.96 Å². The molecule has 0 saturated carbocycles. The van der Waals surface area contributed by atoms with Gasteiger partial charge in [0.2, 0.25) is 5.91 Å². The molecule has 5 nitrogen and oxygen atoms in total. The van der Waals surface area contributed by atoms with E-state index in [0.717, 1.165) is 35.1 Å². The zero-order valence-corrected chi connectivity index (χ0v) is 18.7. The molecule has 0 atom stereocenters. The lowest BCUT2D eigenvalue weighted by atomic mass is 10.0. The molecular weight excluding hydrogens is 483 g/mol. The lowest BCUT2D eigenvalue weighted by molar-refractivity contribution is -0.115. The normalized spacial score (nSPS) is 11.0. The van der Waals surface area contributed by atoms with Crippen molar-refractivity contribution < 1.29 is 4.79 Å². The summed E-state index contributed by atoms with van der Waals surface area (Å²) < 4.78 is 0.939. The van der Waals surface area contributed by atoms with Gasteiger partial charge >= 0.3 is 0 Å². The van der Waals surface area contributed by atoms with Gasteiger partial charge in [-0.2, -0.15) is 0 Å². The molecule has 0 radical (unpaired) electrons. The maximum atomic E-state index is 12.1. The molecule has 3 N–H and O–H groups in total. The van der Waals surface area contributed by atoms with Crippen LogP contribution < -0.4 is 16.0 Å². The molecule has 0 aromatic heterocycles. The van der Waals surface area contributed by atoms with Crippen LogP contribution in [0.5, 0.6) is 0 Å². The number of hydrogen-bond acceptors (Lipinski definition) is 2. The fraction of sp³-hybridized carbons (Fsp3) is 0.529. The molecule has 1 amide bonds. The third kappa shape index (κ3) is 8.32. The van der Waals surface area contributed by atoms with E-state index in [0.29, 0.717) is 11.9 Å². The first-order valence-corrected chi connectivity index (χ1v) is 8.79. The SMILES string of the molecule is CCC(CC)CNC(=NC)NCC(=O)Nc1cc(Br)ccc1C.I. The molecule has 0 heterocycles. The second kappa shape index (κ2) is 12.5. The third-order valence-electron chi connectivity index (χ3n) is 3.83. The minimum Gasteiger partial charge on any atom is -0.356 e. The van der Waals surface area contributed by atoms with E-state index in [-0.39, 0.29) is 36.4 Å². The van der Waals surface area contributed by atoms with Gasteiger partial charge in [-0.1, -0.05) is 48.7 Å². The Balaban J connectivity index is 0.00000529. The first kappa shape index (κ1) is 23.2. The summed E-state index contributed by atoms with van der Waals surface area (Å²) in [6.45, 7) is 7.36. The van der Waals surface area contributed by atoms with Crippen molar-refractivity contribution in [3.63, 3.8) is 0 Å². The molecule has 0 fully saturated rings. The number of nitrogens with zero attached hydrogens (tertiary/aromatic N) is 1. The Kier molecular flexibility index (Phi) is 12.1. The van der Waals surface area contributed by atoms with E-state index in [1.807, 2.05) is 25.1 Å². The van der Waals surface area contributed by atoms with Gasteiger partial charge in [0.25, 0.3) is 0 Å². The first-order chi connectivity index (χ1) is 11.0. The molecule has 7 heteroatoms. The molecule has 0 aliphatic rings. The van der Waals surface area contributed by atoms with Crippen LogP contribution in [-0.2, 0) is 4.79 Å². The number of aryl methyl sites for hydroxylation is 1. The molecule has 0 aliphatic carbocycles. The Morgan fingerprint density at radius 2 is 1.92 bits per heavy atom. The standard InChI is InChI=1S/C17H27BrN4O.HI/c1-5-13(6-2)10-20-17(19-4)21-11-16(23)22-15-9-14(18)8-7-12(15)3;/h7-9,13H,5-6,10-11H2,1-4H3,(H,22,23)(H2,19,20,21);1H. The van der Waals surface area contributed by atoms with Crippen LogP contribution in [0.15, 0.2) is 27.7 Å². The van der Waals surface area contributed by atoms with Crippen LogP contribution in [0.1, 0.15) is 32.3 Å². The monoisotopic (exact) mass is 510 g/mol. The molecule has 0 spiro atoms. The predicted molar refractivity (Wildman–Crippen MR) is 116 cm³/mol. The molecule has 136 valence electrons. The average molecular weight is 511 g/mol. The first-order valence-electron chi connectivity index (χ1n) is 8.00. The summed E-state index contributed by atoms with van der Waals surface area (Å²) >= 11 is 3.41. The molecule has 1 aromatic rings. The van der Waals surface area contributed by atoms with Crippen LogP contribution in [0, 0.1) is 12.8 Å². The van der Waals surface area contributed by atoms with Crippen LogP contribution in [-0.4, -0.2) is 32.0 Å². The van der Waals surface area contributed by atoms with E-state index < -0.39 is 0 Å². The van der Waals surface area contributed by atoms with Gasteiger partial charge in [0.05, 0.1) is 6.54 Å². The van der Waals surface area contributed by atoms with Crippen LogP contribution in [0.25, 0.3) is 0 Å². The largest absolute Gasteiger partial charge is 0.356 e. The Bertz CT molecular complexity index is 547. The molecule has 1 aromatic carbocycles. The zero-order chi connectivity index (χ0) is 17.2. The number of halogens is 2. The summed E-state index contributed by atoms with van der Waals surface area (Å²) in [5.74, 6) is 1.17. The highest BCUT2D eigenvalue weighted by Gasteiger charge is 2.08. The number of benzene rings is 1. The summed E-state index contributed by atoms with van der Waals surface area (Å²) in [5.41, 5.74) is 1.84. The van der Waals surface area contributed by atoms with Crippen molar-refractivity contribution in [3.05, 3.63) is 28.2 Å². The number of guanidine groups is 1. The van der Waals surface area contributed by atoms with Crippen LogP contribution in [0.3, 0.4) is 0 Å². The molecule has 24 heavy (non-hydrogen) atoms. The van der Waals surface area contributed by atoms with Crippen molar-refractivity contribution in [2.45, 2.75) is 33.6 Å². The van der Waals surface area contributed by atoms with Crippen molar-refractivity contribution in [1.29, 1.82) is 0 Å². The minimum absolute atomic E-state index is 0. The Hall–Kier alpha value is -0.830. The van der Waals surface area contributed by atoms with E-state index in [1.165, 1.54) is 0 Å². The zero-order valence-electron chi connectivity index (χ0n) is 14.8. The smallest absolute Gasteiger partial charge is 0.243 e. The Morgan fingerprint density at radius 3 is 2.50 bits per heavy atom. The fourth-order valence-corrected chi connectivity index (χ4v) is 2.49. The highest BCUT2D eigenvalue weighted by molar-refractivity contribution is 14.0. The minimum atomic E-state index is -0.100. The quantitative estimate of drug-likeness (QED) is 0.296. The maximum Gasteiger partial charge on any atom is 0.243 e. The summed E-state index contributed by atoms with van der Waals surface area (Å²) in [4.78, 5) is 16.2. The van der Waals surface area contributed by atoms with Crippen molar-refractivity contribution >= 4 is 57.5 Å². The summed E-state index contributed by atoms with van der Waals surface area (Å²) in [6, 6.07) is 5.81. The summed E-state index contributed by atoms with van der Waals surface area (Å²) in [6.07, 6.45) is 2.26. The number of amides is 1. The highest BCUT2D eigenvalue weighted by Crippen LogP contribution is 2.20. The molecule has 0 saturated heterocycles. The van der Waals surface area contributed by atoms with Crippen LogP contribution in [0.2, 0.25) is 0 Å². The van der Waals surface area contributed by atoms with Gasteiger partial charge in [0.1, 0.15) is 0 Å². The number of carbonyl (C=O) groups is 1. The molecule has 1 rings (SSSR count).